The van der Waals surface area contributed by atoms with Gasteiger partial charge in [-0.05, 0) is 60.2 Å². The van der Waals surface area contributed by atoms with Crippen molar-refractivity contribution in [3.05, 3.63) is 84.1 Å². The Morgan fingerprint density at radius 2 is 1.70 bits per heavy atom. The number of nitrogens with one attached hydrogen (secondary N) is 2. The molecule has 2 aliphatic rings. The molecule has 0 aliphatic carbocycles. The first-order valence-electron chi connectivity index (χ1n) is 9.34. The Balaban J connectivity index is 1.28. The third-order valence-corrected chi connectivity index (χ3v) is 4.49. The van der Waals surface area contributed by atoms with Gasteiger partial charge in [0.05, 0.1) is 0 Å². The Morgan fingerprint density at radius 1 is 0.933 bits per heavy atom. The van der Waals surface area contributed by atoms with Gasteiger partial charge < -0.3 is 19.5 Å². The van der Waals surface area contributed by atoms with Crippen molar-refractivity contribution in [2.45, 2.75) is 0 Å². The number of anilines is 1. The van der Waals surface area contributed by atoms with Crippen LogP contribution in [0.4, 0.5) is 5.69 Å². The number of nitrogens with zero attached hydrogens (tertiary/aromatic N) is 1. The van der Waals surface area contributed by atoms with Crippen molar-refractivity contribution in [1.82, 2.24) is 5.32 Å². The second-order valence-electron chi connectivity index (χ2n) is 6.62. The quantitative estimate of drug-likeness (QED) is 0.645. The van der Waals surface area contributed by atoms with E-state index in [1.807, 2.05) is 72.8 Å². The van der Waals surface area contributed by atoms with Gasteiger partial charge in [0.1, 0.15) is 17.2 Å². The number of para-hydroxylation sites is 1. The number of rotatable bonds is 4. The van der Waals surface area contributed by atoms with Gasteiger partial charge in [-0.25, -0.2) is 4.99 Å². The van der Waals surface area contributed by atoms with Crippen LogP contribution in [0.2, 0.25) is 0 Å². The van der Waals surface area contributed by atoms with E-state index in [0.29, 0.717) is 28.9 Å². The summed E-state index contributed by atoms with van der Waals surface area (Å²) < 4.78 is 16.4. The molecule has 3 aromatic rings. The van der Waals surface area contributed by atoms with E-state index in [-0.39, 0.29) is 12.7 Å². The lowest BCUT2D eigenvalue weighted by molar-refractivity contribution is -0.115. The van der Waals surface area contributed by atoms with E-state index in [1.165, 1.54) is 0 Å². The van der Waals surface area contributed by atoms with Crippen LogP contribution in [0.3, 0.4) is 0 Å². The van der Waals surface area contributed by atoms with E-state index in [9.17, 15) is 4.79 Å². The molecule has 2 N–H and O–H groups in total. The van der Waals surface area contributed by atoms with E-state index in [0.717, 1.165) is 17.0 Å². The maximum atomic E-state index is 12.3. The molecule has 2 heterocycles. The smallest absolute Gasteiger partial charge is 0.276 e. The minimum Gasteiger partial charge on any atom is -0.457 e. The number of amides is 1. The van der Waals surface area contributed by atoms with Gasteiger partial charge in [-0.15, -0.1) is 0 Å². The molecule has 1 amide bonds. The lowest BCUT2D eigenvalue weighted by Crippen LogP contribution is -2.29. The summed E-state index contributed by atoms with van der Waals surface area (Å²) in [6, 6.07) is 22.4. The van der Waals surface area contributed by atoms with Gasteiger partial charge in [0.15, 0.2) is 11.5 Å². The number of aliphatic imine (C=N–C) groups is 1. The molecule has 0 fully saturated rings. The fourth-order valence-electron chi connectivity index (χ4n) is 3.06. The predicted molar refractivity (Wildman–Crippen MR) is 113 cm³/mol. The molecule has 0 unspecified atom stereocenters. The highest BCUT2D eigenvalue weighted by molar-refractivity contribution is 6.17. The molecule has 30 heavy (non-hydrogen) atoms. The van der Waals surface area contributed by atoms with Crippen LogP contribution >= 0.6 is 0 Å². The Hall–Kier alpha value is -4.26. The van der Waals surface area contributed by atoms with Crippen LogP contribution in [0.25, 0.3) is 6.08 Å². The molecule has 0 atom stereocenters. The number of carbonyl (C=O) groups is 1. The van der Waals surface area contributed by atoms with Gasteiger partial charge in [-0.2, -0.15) is 0 Å². The molecule has 0 spiro atoms. The van der Waals surface area contributed by atoms with Crippen molar-refractivity contribution in [3.8, 4) is 23.0 Å². The zero-order valence-electron chi connectivity index (χ0n) is 15.8. The summed E-state index contributed by atoms with van der Waals surface area (Å²) in [5.74, 6) is 2.92. The molecule has 0 radical (unpaired) electrons. The van der Waals surface area contributed by atoms with Crippen LogP contribution in [0.1, 0.15) is 5.56 Å². The maximum Gasteiger partial charge on any atom is 0.276 e. The summed E-state index contributed by atoms with van der Waals surface area (Å²) in [7, 11) is 0. The monoisotopic (exact) mass is 399 g/mol. The van der Waals surface area contributed by atoms with Gasteiger partial charge in [-0.1, -0.05) is 24.3 Å². The third kappa shape index (κ3) is 3.81. The fraction of sp³-hybridized carbons (Fsp3) is 0.0435. The zero-order valence-corrected chi connectivity index (χ0v) is 15.8. The van der Waals surface area contributed by atoms with Crippen LogP contribution in [0.5, 0.6) is 23.0 Å². The van der Waals surface area contributed by atoms with Crippen LogP contribution in [0, 0.1) is 0 Å². The number of ether oxygens (including phenoxy) is 3. The molecule has 0 saturated heterocycles. The Labute approximate surface area is 172 Å². The summed E-state index contributed by atoms with van der Waals surface area (Å²) in [6.45, 7) is 0.206. The summed E-state index contributed by atoms with van der Waals surface area (Å²) >= 11 is 0. The van der Waals surface area contributed by atoms with Gasteiger partial charge in [-0.3, -0.25) is 10.1 Å². The van der Waals surface area contributed by atoms with Crippen molar-refractivity contribution in [2.75, 3.05) is 12.1 Å². The zero-order chi connectivity index (χ0) is 20.3. The third-order valence-electron chi connectivity index (χ3n) is 4.49. The Bertz CT molecular complexity index is 1150. The molecular weight excluding hydrogens is 382 g/mol. The molecule has 2 aliphatic heterocycles. The molecule has 7 heteroatoms. The normalized spacial score (nSPS) is 15.7. The molecule has 0 aromatic heterocycles. The van der Waals surface area contributed by atoms with Crippen LogP contribution in [0.15, 0.2) is 83.5 Å². The van der Waals surface area contributed by atoms with E-state index in [4.69, 9.17) is 14.2 Å². The minimum atomic E-state index is -0.279. The molecular formula is C23H17N3O4. The molecule has 148 valence electrons. The van der Waals surface area contributed by atoms with E-state index < -0.39 is 0 Å². The number of benzene rings is 3. The molecule has 7 nitrogen and oxygen atoms in total. The van der Waals surface area contributed by atoms with Gasteiger partial charge in [0.2, 0.25) is 12.8 Å². The molecule has 0 saturated carbocycles. The van der Waals surface area contributed by atoms with Gasteiger partial charge in [0.25, 0.3) is 5.91 Å². The highest BCUT2D eigenvalue weighted by Crippen LogP contribution is 2.33. The van der Waals surface area contributed by atoms with E-state index in [1.54, 1.807) is 6.08 Å². The lowest BCUT2D eigenvalue weighted by atomic mass is 10.1. The van der Waals surface area contributed by atoms with Crippen molar-refractivity contribution < 1.29 is 19.0 Å². The lowest BCUT2D eigenvalue weighted by Gasteiger charge is -2.08. The number of carbonyl (C=O) groups excluding carboxylic acids is 1. The molecule has 5 rings (SSSR count). The first-order chi connectivity index (χ1) is 14.7. The van der Waals surface area contributed by atoms with Crippen LogP contribution in [-0.2, 0) is 4.79 Å². The molecule has 3 aromatic carbocycles. The van der Waals surface area contributed by atoms with Crippen molar-refractivity contribution in [2.24, 2.45) is 4.99 Å². The number of guanidine groups is 1. The first kappa shape index (κ1) is 17.8. The summed E-state index contributed by atoms with van der Waals surface area (Å²) in [5, 5.41) is 5.82. The summed E-state index contributed by atoms with van der Waals surface area (Å²) in [6.07, 6.45) is 1.70. The number of hydrogen-bond donors (Lipinski definition) is 2. The van der Waals surface area contributed by atoms with Crippen LogP contribution in [-0.4, -0.2) is 18.7 Å². The van der Waals surface area contributed by atoms with E-state index in [2.05, 4.69) is 15.6 Å². The number of fused-ring (bicyclic) bond motifs is 1. The Morgan fingerprint density at radius 3 is 2.53 bits per heavy atom. The molecule has 0 bridgehead atoms. The maximum absolute atomic E-state index is 12.3. The van der Waals surface area contributed by atoms with Crippen LogP contribution < -0.4 is 24.8 Å². The minimum absolute atomic E-state index is 0.206. The number of hydrogen-bond acceptors (Lipinski definition) is 6. The average molecular weight is 399 g/mol. The highest BCUT2D eigenvalue weighted by atomic mass is 16.7. The van der Waals surface area contributed by atoms with Crippen molar-refractivity contribution >= 4 is 23.6 Å². The predicted octanol–water partition coefficient (Wildman–Crippen LogP) is 4.15. The topological polar surface area (TPSA) is 81.2 Å². The van der Waals surface area contributed by atoms with Gasteiger partial charge >= 0.3 is 0 Å². The SMILES string of the molecule is O=C1NC(Nc2ccc(Oc3ccccc3)cc2)=N/C1=C\c1ccc2c(c1)OCO2. The highest BCUT2D eigenvalue weighted by Gasteiger charge is 2.21. The second kappa shape index (κ2) is 7.63. The summed E-state index contributed by atoms with van der Waals surface area (Å²) in [5.41, 5.74) is 1.89. The average Bonchev–Trinajstić information content (AvgIpc) is 3.36. The van der Waals surface area contributed by atoms with E-state index >= 15 is 0 Å². The first-order valence-corrected chi connectivity index (χ1v) is 9.34. The Kier molecular flexibility index (Phi) is 4.53. The largest absolute Gasteiger partial charge is 0.457 e. The second-order valence-corrected chi connectivity index (χ2v) is 6.62. The fourth-order valence-corrected chi connectivity index (χ4v) is 3.06. The van der Waals surface area contributed by atoms with Crippen molar-refractivity contribution in [3.63, 3.8) is 0 Å². The summed E-state index contributed by atoms with van der Waals surface area (Å²) in [4.78, 5) is 16.6. The standard InChI is InChI=1S/C23H17N3O4/c27-22-19(12-15-6-11-20-21(13-15)29-14-28-20)25-23(26-22)24-16-7-9-18(10-8-16)30-17-4-2-1-3-5-17/h1-13H,14H2,(H2,24,25,26,27)/b19-12-. The van der Waals surface area contributed by atoms with Gasteiger partial charge in [0, 0.05) is 5.69 Å². The van der Waals surface area contributed by atoms with Crippen molar-refractivity contribution in [1.29, 1.82) is 0 Å².